The molecule has 0 aromatic heterocycles. The predicted molar refractivity (Wildman–Crippen MR) is 164 cm³/mol. The number of benzene rings is 4. The molecule has 0 saturated heterocycles. The maximum Gasteiger partial charge on any atom is 0.347 e. The number of carboxylic acid groups (broad SMARTS) is 6. The van der Waals surface area contributed by atoms with Crippen molar-refractivity contribution in [1.29, 1.82) is 0 Å². The molecule has 0 amide bonds. The lowest BCUT2D eigenvalue weighted by atomic mass is 9.90. The Labute approximate surface area is 282 Å². The van der Waals surface area contributed by atoms with Crippen molar-refractivity contribution in [2.75, 3.05) is 0 Å². The zero-order chi connectivity index (χ0) is 37.9. The summed E-state index contributed by atoms with van der Waals surface area (Å²) in [5.74, 6) is -17.8. The maximum atomic E-state index is 13.7. The predicted octanol–water partition coefficient (Wildman–Crippen LogP) is 3.34. The summed E-state index contributed by atoms with van der Waals surface area (Å²) in [5, 5.41) is 57.8. The molecule has 0 radical (unpaired) electrons. The van der Waals surface area contributed by atoms with Crippen LogP contribution in [0.25, 0.3) is 0 Å². The van der Waals surface area contributed by atoms with Crippen LogP contribution in [-0.2, 0) is 4.74 Å². The lowest BCUT2D eigenvalue weighted by molar-refractivity contribution is 0.0382. The van der Waals surface area contributed by atoms with Crippen molar-refractivity contribution in [3.05, 3.63) is 140 Å². The molecule has 0 atom stereocenters. The normalized spacial score (nSPS) is 10.4. The molecule has 17 heteroatoms. The van der Waals surface area contributed by atoms with Crippen molar-refractivity contribution in [1.82, 2.24) is 0 Å². The minimum absolute atomic E-state index is 0.425. The van der Waals surface area contributed by atoms with Gasteiger partial charge in [0, 0.05) is 22.3 Å². The summed E-state index contributed by atoms with van der Waals surface area (Å²) in [7, 11) is 0. The van der Waals surface area contributed by atoms with Gasteiger partial charge in [-0.2, -0.15) is 0 Å². The molecule has 0 saturated carbocycles. The zero-order valence-electron chi connectivity index (χ0n) is 25.1. The third-order valence-corrected chi connectivity index (χ3v) is 7.13. The van der Waals surface area contributed by atoms with Crippen LogP contribution in [0, 0.1) is 0 Å². The molecular weight excluding hydrogens is 680 g/mol. The Morgan fingerprint density at radius 2 is 0.667 bits per heavy atom. The number of aromatic carboxylic acids is 6. The molecule has 0 heterocycles. The Balaban J connectivity index is 1.96. The highest BCUT2D eigenvalue weighted by Gasteiger charge is 2.36. The Bertz CT molecular complexity index is 2120. The van der Waals surface area contributed by atoms with E-state index < -0.39 is 126 Å². The molecule has 17 nitrogen and oxygen atoms in total. The van der Waals surface area contributed by atoms with E-state index in [0.29, 0.717) is 24.3 Å². The van der Waals surface area contributed by atoms with Crippen LogP contribution in [0.4, 0.5) is 0 Å². The number of rotatable bonds is 12. The van der Waals surface area contributed by atoms with Crippen LogP contribution in [0.5, 0.6) is 0 Å². The highest BCUT2D eigenvalue weighted by molar-refractivity contribution is 6.24. The fraction of sp³-hybridized carbons (Fsp3) is 0. The van der Waals surface area contributed by atoms with Crippen molar-refractivity contribution in [2.24, 2.45) is 0 Å². The summed E-state index contributed by atoms with van der Waals surface area (Å²) in [6, 6.07) is 10.8. The quantitative estimate of drug-likeness (QED) is 0.0702. The van der Waals surface area contributed by atoms with Crippen molar-refractivity contribution < 1.29 is 83.3 Å². The van der Waals surface area contributed by atoms with E-state index in [9.17, 15) is 78.6 Å². The average Bonchev–Trinajstić information content (AvgIpc) is 3.09. The summed E-state index contributed by atoms with van der Waals surface area (Å²) in [6.45, 7) is 0. The fourth-order valence-electron chi connectivity index (χ4n) is 4.89. The third-order valence-electron chi connectivity index (χ3n) is 7.13. The number of hydrogen-bond donors (Lipinski definition) is 6. The molecule has 0 aliphatic heterocycles. The zero-order valence-corrected chi connectivity index (χ0v) is 25.1. The minimum atomic E-state index is -2.13. The molecular formula is C34H18O17. The van der Waals surface area contributed by atoms with Crippen LogP contribution < -0.4 is 0 Å². The van der Waals surface area contributed by atoms with Gasteiger partial charge >= 0.3 is 47.8 Å². The number of hydrogen-bond acceptors (Lipinski definition) is 11. The molecule has 0 aliphatic carbocycles. The highest BCUT2D eigenvalue weighted by Crippen LogP contribution is 2.28. The summed E-state index contributed by atoms with van der Waals surface area (Å²) in [5.41, 5.74) is -11.3. The molecule has 0 fully saturated rings. The maximum absolute atomic E-state index is 13.7. The lowest BCUT2D eigenvalue weighted by Gasteiger charge is -2.16. The first kappa shape index (κ1) is 36.0. The van der Waals surface area contributed by atoms with Crippen LogP contribution in [0.3, 0.4) is 0 Å². The fourth-order valence-corrected chi connectivity index (χ4v) is 4.89. The van der Waals surface area contributed by atoms with Crippen molar-refractivity contribution in [2.45, 2.75) is 0 Å². The molecule has 0 spiro atoms. The second kappa shape index (κ2) is 14.1. The van der Waals surface area contributed by atoms with Crippen LogP contribution >= 0.6 is 0 Å². The molecule has 51 heavy (non-hydrogen) atoms. The van der Waals surface area contributed by atoms with Gasteiger partial charge in [-0.3, -0.25) is 9.59 Å². The van der Waals surface area contributed by atoms with Crippen molar-refractivity contribution in [3.8, 4) is 0 Å². The van der Waals surface area contributed by atoms with E-state index in [1.54, 1.807) is 0 Å². The number of carbonyl (C=O) groups excluding carboxylic acids is 4. The van der Waals surface area contributed by atoms with Crippen molar-refractivity contribution in [3.63, 3.8) is 0 Å². The van der Waals surface area contributed by atoms with Gasteiger partial charge in [0.15, 0.2) is 11.6 Å². The van der Waals surface area contributed by atoms with Gasteiger partial charge in [-0.05, 0) is 48.5 Å². The van der Waals surface area contributed by atoms with Gasteiger partial charge in [-0.1, -0.05) is 24.3 Å². The molecule has 0 unspecified atom stereocenters. The smallest absolute Gasteiger partial charge is 0.347 e. The number of carbonyl (C=O) groups is 10. The molecule has 0 bridgehead atoms. The van der Waals surface area contributed by atoms with E-state index >= 15 is 0 Å². The number of esters is 2. The Kier molecular flexibility index (Phi) is 9.97. The Hall–Kier alpha value is -7.82. The molecule has 4 aromatic carbocycles. The van der Waals surface area contributed by atoms with Crippen LogP contribution in [0.1, 0.15) is 115 Å². The number of ether oxygens (including phenoxy) is 1. The van der Waals surface area contributed by atoms with E-state index in [1.165, 1.54) is 0 Å². The third kappa shape index (κ3) is 7.06. The van der Waals surface area contributed by atoms with Crippen LogP contribution in [-0.4, -0.2) is 90.0 Å². The largest absolute Gasteiger partial charge is 0.478 e. The molecule has 256 valence electrons. The molecule has 6 N–H and O–H groups in total. The number of ketones is 2. The topological polar surface area (TPSA) is 301 Å². The van der Waals surface area contributed by atoms with Gasteiger partial charge in [-0.15, -0.1) is 0 Å². The second-order valence-corrected chi connectivity index (χ2v) is 10.1. The van der Waals surface area contributed by atoms with E-state index in [1.807, 2.05) is 0 Å². The molecule has 4 aromatic rings. The van der Waals surface area contributed by atoms with Crippen LogP contribution in [0.2, 0.25) is 0 Å². The van der Waals surface area contributed by atoms with E-state index in [2.05, 4.69) is 0 Å². The first-order chi connectivity index (χ1) is 24.0. The average molecular weight is 699 g/mol. The van der Waals surface area contributed by atoms with Gasteiger partial charge in [0.2, 0.25) is 0 Å². The van der Waals surface area contributed by atoms with E-state index in [-0.39, 0.29) is 0 Å². The van der Waals surface area contributed by atoms with Gasteiger partial charge in [0.25, 0.3) is 0 Å². The lowest BCUT2D eigenvalue weighted by Crippen LogP contribution is -2.26. The Morgan fingerprint density at radius 3 is 0.961 bits per heavy atom. The van der Waals surface area contributed by atoms with Crippen LogP contribution in [0.15, 0.2) is 72.8 Å². The second-order valence-electron chi connectivity index (χ2n) is 10.1. The summed E-state index contributed by atoms with van der Waals surface area (Å²) in [4.78, 5) is 126. The first-order valence-corrected chi connectivity index (χ1v) is 13.8. The first-order valence-electron chi connectivity index (χ1n) is 13.8. The van der Waals surface area contributed by atoms with E-state index in [0.717, 1.165) is 48.5 Å². The SMILES string of the molecule is O=C(O)c1cccc(C(=O)c2ccc(C(=O)O)c(C(=O)O)c2C(=O)OC(=O)c2c(C(=O)c3cccc(C(=O)O)c3)ccc(C(=O)O)c2C(=O)O)c1. The van der Waals surface area contributed by atoms with Gasteiger partial charge < -0.3 is 35.4 Å². The monoisotopic (exact) mass is 698 g/mol. The molecule has 0 aliphatic rings. The van der Waals surface area contributed by atoms with Gasteiger partial charge in [0.05, 0.1) is 44.5 Å². The highest BCUT2D eigenvalue weighted by atomic mass is 16.6. The number of carboxylic acids is 6. The van der Waals surface area contributed by atoms with Gasteiger partial charge in [-0.25, -0.2) is 38.4 Å². The summed E-state index contributed by atoms with van der Waals surface area (Å²) < 4.78 is 4.77. The van der Waals surface area contributed by atoms with Gasteiger partial charge in [0.1, 0.15) is 0 Å². The standard InChI is InChI=1S/C34H18O17/c35-25(13-3-1-5-15(11-13)27(37)38)17-7-9-19(29(41)42)21(31(45)46)23(17)33(49)51-34(50)24-18(8-10-20(30(43)44)22(24)32(47)48)26(36)14-4-2-6-16(12-14)28(39)40/h1-12H,(H,37,38)(H,39,40)(H,41,42)(H,43,44)(H,45,46)(H,47,48). The van der Waals surface area contributed by atoms with E-state index in [4.69, 9.17) is 4.74 Å². The Morgan fingerprint density at radius 1 is 0.353 bits per heavy atom. The summed E-state index contributed by atoms with van der Waals surface area (Å²) in [6.07, 6.45) is 0. The summed E-state index contributed by atoms with van der Waals surface area (Å²) >= 11 is 0. The minimum Gasteiger partial charge on any atom is -0.478 e. The van der Waals surface area contributed by atoms with Crippen molar-refractivity contribution >= 4 is 59.3 Å². The molecule has 4 rings (SSSR count).